The highest BCUT2D eigenvalue weighted by Crippen LogP contribution is 2.33. The number of carboxylic acid groups (broad SMARTS) is 1. The summed E-state index contributed by atoms with van der Waals surface area (Å²) in [6.45, 7) is 8.02. The highest BCUT2D eigenvalue weighted by atomic mass is 32.1. The molecule has 2 heterocycles. The number of benzene rings is 1. The van der Waals surface area contributed by atoms with Gasteiger partial charge in [-0.1, -0.05) is 45.0 Å². The number of aryl methyl sites for hydroxylation is 1. The molecule has 0 saturated carbocycles. The van der Waals surface area contributed by atoms with Gasteiger partial charge in [0.25, 0.3) is 5.91 Å². The Morgan fingerprint density at radius 3 is 2.26 bits per heavy atom. The summed E-state index contributed by atoms with van der Waals surface area (Å²) in [5.74, 6) is -1.67. The third-order valence-electron chi connectivity index (χ3n) is 4.76. The lowest BCUT2D eigenvalue weighted by atomic mass is 9.86. The number of hydrogen-bond donors (Lipinski definition) is 3. The number of aromatic hydroxyl groups is 1. The SMILES string of the molecule is C/C(=N\NC(=O)c1ccc(C(=O)O)s1)c1nn(C)c(-c2ccc(C(C)(C)C)cc2)c1O. The van der Waals surface area contributed by atoms with Crippen LogP contribution in [0.2, 0.25) is 0 Å². The maximum Gasteiger partial charge on any atom is 0.345 e. The van der Waals surface area contributed by atoms with Crippen LogP contribution in [-0.4, -0.2) is 37.6 Å². The first kappa shape index (κ1) is 22.2. The number of hydrogen-bond acceptors (Lipinski definition) is 6. The van der Waals surface area contributed by atoms with E-state index in [0.29, 0.717) is 11.4 Å². The van der Waals surface area contributed by atoms with Crippen LogP contribution in [0.3, 0.4) is 0 Å². The summed E-state index contributed by atoms with van der Waals surface area (Å²) >= 11 is 0.856. The van der Waals surface area contributed by atoms with E-state index in [4.69, 9.17) is 5.11 Å². The van der Waals surface area contributed by atoms with Crippen molar-refractivity contribution in [2.75, 3.05) is 0 Å². The second kappa shape index (κ2) is 8.35. The summed E-state index contributed by atoms with van der Waals surface area (Å²) in [6, 6.07) is 10.7. The Bertz CT molecular complexity index is 1170. The van der Waals surface area contributed by atoms with E-state index in [2.05, 4.69) is 36.4 Å². The second-order valence-electron chi connectivity index (χ2n) is 8.10. The van der Waals surface area contributed by atoms with Crippen LogP contribution in [0.1, 0.15) is 58.3 Å². The van der Waals surface area contributed by atoms with Crippen LogP contribution in [-0.2, 0) is 12.5 Å². The number of carboxylic acids is 1. The molecule has 3 aromatic rings. The maximum absolute atomic E-state index is 12.2. The fourth-order valence-corrected chi connectivity index (χ4v) is 3.76. The molecule has 162 valence electrons. The molecule has 0 unspecified atom stereocenters. The average Bonchev–Trinajstić information content (AvgIpc) is 3.30. The van der Waals surface area contributed by atoms with Gasteiger partial charge < -0.3 is 10.2 Å². The Labute approximate surface area is 183 Å². The van der Waals surface area contributed by atoms with Gasteiger partial charge in [-0.05, 0) is 30.0 Å². The molecule has 0 bridgehead atoms. The fourth-order valence-electron chi connectivity index (χ4n) is 3.03. The highest BCUT2D eigenvalue weighted by Gasteiger charge is 2.21. The molecule has 8 nitrogen and oxygen atoms in total. The predicted molar refractivity (Wildman–Crippen MR) is 120 cm³/mol. The van der Waals surface area contributed by atoms with Crippen LogP contribution < -0.4 is 5.43 Å². The van der Waals surface area contributed by atoms with Crippen molar-refractivity contribution in [1.82, 2.24) is 15.2 Å². The molecule has 0 aliphatic heterocycles. The third-order valence-corrected chi connectivity index (χ3v) is 5.83. The standard InChI is InChI=1S/C22H24N4O4S/c1-12(23-24-20(28)15-10-11-16(31-15)21(29)30)17-19(27)18(26(5)25-17)13-6-8-14(9-7-13)22(2,3)4/h6-11,27H,1-5H3,(H,24,28)(H,29,30)/b23-12+. The van der Waals surface area contributed by atoms with E-state index in [1.807, 2.05) is 24.3 Å². The van der Waals surface area contributed by atoms with Crippen LogP contribution in [0.5, 0.6) is 5.75 Å². The molecule has 0 fully saturated rings. The zero-order valence-corrected chi connectivity index (χ0v) is 18.7. The van der Waals surface area contributed by atoms with E-state index in [-0.39, 0.29) is 26.6 Å². The van der Waals surface area contributed by atoms with Gasteiger partial charge in [0.1, 0.15) is 10.6 Å². The summed E-state index contributed by atoms with van der Waals surface area (Å²) in [5, 5.41) is 28.1. The van der Waals surface area contributed by atoms with E-state index >= 15 is 0 Å². The zero-order chi connectivity index (χ0) is 22.9. The first-order valence-electron chi connectivity index (χ1n) is 9.54. The van der Waals surface area contributed by atoms with E-state index in [1.165, 1.54) is 17.7 Å². The lowest BCUT2D eigenvalue weighted by Crippen LogP contribution is -2.18. The molecule has 31 heavy (non-hydrogen) atoms. The summed E-state index contributed by atoms with van der Waals surface area (Å²) in [7, 11) is 1.72. The second-order valence-corrected chi connectivity index (χ2v) is 9.19. The monoisotopic (exact) mass is 440 g/mol. The number of nitrogens with zero attached hydrogens (tertiary/aromatic N) is 3. The van der Waals surface area contributed by atoms with Crippen LogP contribution in [0.15, 0.2) is 41.5 Å². The molecule has 0 radical (unpaired) electrons. The van der Waals surface area contributed by atoms with Gasteiger partial charge >= 0.3 is 5.97 Å². The molecule has 9 heteroatoms. The van der Waals surface area contributed by atoms with E-state index in [0.717, 1.165) is 16.9 Å². The molecular weight excluding hydrogens is 416 g/mol. The van der Waals surface area contributed by atoms with Gasteiger partial charge in [-0.15, -0.1) is 11.3 Å². The quantitative estimate of drug-likeness (QED) is 0.409. The molecule has 1 amide bonds. The molecule has 3 rings (SSSR count). The summed E-state index contributed by atoms with van der Waals surface area (Å²) in [4.78, 5) is 23.5. The normalized spacial score (nSPS) is 12.1. The van der Waals surface area contributed by atoms with E-state index in [1.54, 1.807) is 18.7 Å². The topological polar surface area (TPSA) is 117 Å². The van der Waals surface area contributed by atoms with Crippen LogP contribution >= 0.6 is 11.3 Å². The number of aromatic carboxylic acids is 1. The highest BCUT2D eigenvalue weighted by molar-refractivity contribution is 7.15. The number of carbonyl (C=O) groups excluding carboxylic acids is 1. The minimum Gasteiger partial charge on any atom is -0.504 e. The minimum absolute atomic E-state index is 0.0213. The van der Waals surface area contributed by atoms with Crippen molar-refractivity contribution in [3.63, 3.8) is 0 Å². The van der Waals surface area contributed by atoms with E-state index < -0.39 is 11.9 Å². The van der Waals surface area contributed by atoms with E-state index in [9.17, 15) is 14.7 Å². The fraction of sp³-hybridized carbons (Fsp3) is 0.273. The van der Waals surface area contributed by atoms with Crippen molar-refractivity contribution >= 4 is 28.9 Å². The lowest BCUT2D eigenvalue weighted by Gasteiger charge is -2.19. The molecule has 0 saturated heterocycles. The Morgan fingerprint density at radius 2 is 1.71 bits per heavy atom. The van der Waals surface area contributed by atoms with Crippen molar-refractivity contribution in [3.8, 4) is 17.0 Å². The Morgan fingerprint density at radius 1 is 1.10 bits per heavy atom. The molecule has 2 aromatic heterocycles. The molecule has 3 N–H and O–H groups in total. The zero-order valence-electron chi connectivity index (χ0n) is 17.9. The van der Waals surface area contributed by atoms with Gasteiger partial charge in [0.05, 0.1) is 10.6 Å². The van der Waals surface area contributed by atoms with Crippen molar-refractivity contribution in [1.29, 1.82) is 0 Å². The number of carbonyl (C=O) groups is 2. The van der Waals surface area contributed by atoms with Crippen LogP contribution in [0, 0.1) is 0 Å². The molecule has 0 spiro atoms. The number of nitrogens with one attached hydrogen (secondary N) is 1. The Hall–Kier alpha value is -3.46. The molecule has 0 aliphatic carbocycles. The molecule has 0 aliphatic rings. The molecule has 1 aromatic carbocycles. The first-order chi connectivity index (χ1) is 14.5. The van der Waals surface area contributed by atoms with Gasteiger partial charge in [0.2, 0.25) is 0 Å². The summed E-state index contributed by atoms with van der Waals surface area (Å²) < 4.78 is 1.57. The smallest absolute Gasteiger partial charge is 0.345 e. The van der Waals surface area contributed by atoms with Crippen molar-refractivity contribution in [2.45, 2.75) is 33.1 Å². The maximum atomic E-state index is 12.2. The van der Waals surface area contributed by atoms with Gasteiger partial charge in [0.15, 0.2) is 11.4 Å². The van der Waals surface area contributed by atoms with Crippen molar-refractivity contribution < 1.29 is 19.8 Å². The van der Waals surface area contributed by atoms with Crippen molar-refractivity contribution in [3.05, 3.63) is 57.4 Å². The Balaban J connectivity index is 1.83. The van der Waals surface area contributed by atoms with Gasteiger partial charge in [-0.3, -0.25) is 9.48 Å². The lowest BCUT2D eigenvalue weighted by molar-refractivity contribution is 0.0702. The molecular formula is C22H24N4O4S. The van der Waals surface area contributed by atoms with Gasteiger partial charge in [0, 0.05) is 12.6 Å². The predicted octanol–water partition coefficient (Wildman–Crippen LogP) is 4.00. The number of rotatable bonds is 5. The van der Waals surface area contributed by atoms with Crippen LogP contribution in [0.25, 0.3) is 11.3 Å². The van der Waals surface area contributed by atoms with Gasteiger partial charge in [-0.2, -0.15) is 10.2 Å². The summed E-state index contributed by atoms with van der Waals surface area (Å²) in [5.41, 5.74) is 5.49. The van der Waals surface area contributed by atoms with Gasteiger partial charge in [-0.25, -0.2) is 10.2 Å². The largest absolute Gasteiger partial charge is 0.504 e. The number of hydrazone groups is 1. The summed E-state index contributed by atoms with van der Waals surface area (Å²) in [6.07, 6.45) is 0. The van der Waals surface area contributed by atoms with Crippen LogP contribution in [0.4, 0.5) is 0 Å². The number of aromatic nitrogens is 2. The number of amides is 1. The Kier molecular flexibility index (Phi) is 5.99. The molecule has 0 atom stereocenters. The van der Waals surface area contributed by atoms with Crippen molar-refractivity contribution in [2.24, 2.45) is 12.1 Å². The minimum atomic E-state index is -1.09. The first-order valence-corrected chi connectivity index (χ1v) is 10.4. The average molecular weight is 441 g/mol. The number of thiophene rings is 1. The third kappa shape index (κ3) is 4.66.